The largest absolute Gasteiger partial charge is 0.324 e. The molecule has 21 heavy (non-hydrogen) atoms. The minimum atomic E-state index is -3.61. The lowest BCUT2D eigenvalue weighted by molar-refractivity contribution is -0.114. The summed E-state index contributed by atoms with van der Waals surface area (Å²) in [6.45, 7) is 0. The predicted octanol–water partition coefficient (Wildman–Crippen LogP) is 2.83. The van der Waals surface area contributed by atoms with Crippen LogP contribution in [-0.4, -0.2) is 20.1 Å². The summed E-state index contributed by atoms with van der Waals surface area (Å²) in [7, 11) is -3.61. The molecule has 0 radical (unpaired) electrons. The quantitative estimate of drug-likeness (QED) is 0.865. The van der Waals surface area contributed by atoms with Crippen LogP contribution in [0.1, 0.15) is 0 Å². The molecule has 3 rings (SSSR count). The summed E-state index contributed by atoms with van der Waals surface area (Å²) in [6, 6.07) is 13.7. The molecule has 1 N–H and O–H groups in total. The number of hydrogen-bond donors (Lipinski definition) is 1. The summed E-state index contributed by atoms with van der Waals surface area (Å²) in [6.07, 6.45) is 0. The number of azo groups is 1. The van der Waals surface area contributed by atoms with Crippen LogP contribution in [0.5, 0.6) is 0 Å². The average molecular weight is 301 g/mol. The van der Waals surface area contributed by atoms with Gasteiger partial charge >= 0.3 is 0 Å². The third-order valence-electron chi connectivity index (χ3n) is 2.93. The maximum absolute atomic E-state index is 12.0. The van der Waals surface area contributed by atoms with Crippen molar-refractivity contribution >= 4 is 32.8 Å². The highest BCUT2D eigenvalue weighted by Crippen LogP contribution is 2.31. The summed E-state index contributed by atoms with van der Waals surface area (Å²) in [4.78, 5) is 11.4. The van der Waals surface area contributed by atoms with E-state index in [9.17, 15) is 13.2 Å². The number of sulfone groups is 1. The minimum absolute atomic E-state index is 0.0756. The Morgan fingerprint density at radius 3 is 2.43 bits per heavy atom. The van der Waals surface area contributed by atoms with Crippen LogP contribution >= 0.6 is 0 Å². The molecule has 0 saturated carbocycles. The van der Waals surface area contributed by atoms with Crippen LogP contribution in [-0.2, 0) is 14.6 Å². The second-order valence-corrected chi connectivity index (χ2v) is 6.48. The fraction of sp³-hybridized carbons (Fsp3) is 0.0714. The van der Waals surface area contributed by atoms with Gasteiger partial charge in [-0.15, -0.1) is 0 Å². The Hall–Kier alpha value is -2.54. The Balaban J connectivity index is 1.97. The molecule has 0 aliphatic carbocycles. The molecule has 2 aromatic carbocycles. The Bertz CT molecular complexity index is 830. The van der Waals surface area contributed by atoms with E-state index < -0.39 is 21.5 Å². The van der Waals surface area contributed by atoms with Gasteiger partial charge in [0.15, 0.2) is 9.84 Å². The van der Waals surface area contributed by atoms with Gasteiger partial charge in [-0.2, -0.15) is 10.2 Å². The summed E-state index contributed by atoms with van der Waals surface area (Å²) in [5.74, 6) is -1.07. The standard InChI is InChI=1S/C14H11N3O3S/c18-14-9-21(19,20)13-8-11(6-7-12(13)15-14)17-16-10-4-2-1-3-5-10/h1-8H,9H2,(H,15,18). The smallest absolute Gasteiger partial charge is 0.239 e. The predicted molar refractivity (Wildman–Crippen MR) is 77.7 cm³/mol. The molecule has 1 aliphatic rings. The molecule has 0 unspecified atom stereocenters. The lowest BCUT2D eigenvalue weighted by Crippen LogP contribution is -2.29. The SMILES string of the molecule is O=C1CS(=O)(=O)c2cc(N=Nc3ccccc3)ccc2N1. The molecule has 1 amide bonds. The van der Waals surface area contributed by atoms with E-state index in [4.69, 9.17) is 0 Å². The van der Waals surface area contributed by atoms with Gasteiger partial charge in [-0.05, 0) is 30.3 Å². The molecule has 106 valence electrons. The van der Waals surface area contributed by atoms with Crippen molar-refractivity contribution in [1.82, 2.24) is 0 Å². The van der Waals surface area contributed by atoms with Gasteiger partial charge in [-0.3, -0.25) is 4.79 Å². The van der Waals surface area contributed by atoms with E-state index in [1.807, 2.05) is 18.2 Å². The van der Waals surface area contributed by atoms with E-state index in [0.717, 1.165) is 0 Å². The van der Waals surface area contributed by atoms with Crippen LogP contribution < -0.4 is 5.32 Å². The van der Waals surface area contributed by atoms with E-state index in [2.05, 4.69) is 15.5 Å². The highest BCUT2D eigenvalue weighted by molar-refractivity contribution is 7.92. The summed E-state index contributed by atoms with van der Waals surface area (Å²) in [5, 5.41) is 10.6. The normalized spacial score (nSPS) is 16.5. The maximum Gasteiger partial charge on any atom is 0.239 e. The van der Waals surface area contributed by atoms with Crippen molar-refractivity contribution in [2.45, 2.75) is 4.90 Å². The van der Waals surface area contributed by atoms with Gasteiger partial charge < -0.3 is 5.32 Å². The number of carbonyl (C=O) groups excluding carboxylic acids is 1. The monoisotopic (exact) mass is 301 g/mol. The number of nitrogens with one attached hydrogen (secondary N) is 1. The Morgan fingerprint density at radius 2 is 1.67 bits per heavy atom. The third-order valence-corrected chi connectivity index (χ3v) is 4.58. The Morgan fingerprint density at radius 1 is 0.952 bits per heavy atom. The van der Waals surface area contributed by atoms with Gasteiger partial charge in [0, 0.05) is 0 Å². The van der Waals surface area contributed by atoms with E-state index in [0.29, 0.717) is 11.4 Å². The highest BCUT2D eigenvalue weighted by Gasteiger charge is 2.28. The van der Waals surface area contributed by atoms with Crippen molar-refractivity contribution in [2.75, 3.05) is 11.1 Å². The minimum Gasteiger partial charge on any atom is -0.324 e. The molecule has 0 spiro atoms. The van der Waals surface area contributed by atoms with Crippen LogP contribution in [0, 0.1) is 0 Å². The number of hydrogen-bond acceptors (Lipinski definition) is 5. The van der Waals surface area contributed by atoms with E-state index in [-0.39, 0.29) is 10.6 Å². The molecule has 1 heterocycles. The zero-order chi connectivity index (χ0) is 14.9. The zero-order valence-corrected chi connectivity index (χ0v) is 11.7. The van der Waals surface area contributed by atoms with Gasteiger partial charge in [0.05, 0.1) is 22.0 Å². The van der Waals surface area contributed by atoms with Gasteiger partial charge in [0.25, 0.3) is 0 Å². The van der Waals surface area contributed by atoms with Gasteiger partial charge in [-0.25, -0.2) is 8.42 Å². The zero-order valence-electron chi connectivity index (χ0n) is 10.9. The number of benzene rings is 2. The van der Waals surface area contributed by atoms with Crippen LogP contribution in [0.15, 0.2) is 63.7 Å². The fourth-order valence-electron chi connectivity index (χ4n) is 1.98. The molecule has 0 bridgehead atoms. The number of fused-ring (bicyclic) bond motifs is 1. The van der Waals surface area contributed by atoms with Crippen molar-refractivity contribution in [3.8, 4) is 0 Å². The highest BCUT2D eigenvalue weighted by atomic mass is 32.2. The van der Waals surface area contributed by atoms with E-state index in [1.54, 1.807) is 18.2 Å². The van der Waals surface area contributed by atoms with Crippen LogP contribution in [0.2, 0.25) is 0 Å². The topological polar surface area (TPSA) is 88.0 Å². The molecular weight excluding hydrogens is 290 g/mol. The first-order chi connectivity index (χ1) is 10.0. The molecular formula is C14H11N3O3S. The van der Waals surface area contributed by atoms with E-state index in [1.165, 1.54) is 12.1 Å². The first-order valence-corrected chi connectivity index (χ1v) is 7.83. The molecule has 0 saturated heterocycles. The molecule has 1 aliphatic heterocycles. The van der Waals surface area contributed by atoms with Crippen LogP contribution in [0.4, 0.5) is 17.1 Å². The number of amides is 1. The molecule has 2 aromatic rings. The van der Waals surface area contributed by atoms with Crippen LogP contribution in [0.3, 0.4) is 0 Å². The van der Waals surface area contributed by atoms with Crippen molar-refractivity contribution in [1.29, 1.82) is 0 Å². The molecule has 0 atom stereocenters. The lowest BCUT2D eigenvalue weighted by atomic mass is 10.3. The van der Waals surface area contributed by atoms with Gasteiger partial charge in [-0.1, -0.05) is 18.2 Å². The first-order valence-electron chi connectivity index (χ1n) is 6.18. The first kappa shape index (κ1) is 13.4. The second kappa shape index (κ2) is 5.10. The fourth-order valence-corrected chi connectivity index (χ4v) is 3.31. The van der Waals surface area contributed by atoms with Gasteiger partial charge in [0.2, 0.25) is 5.91 Å². The van der Waals surface area contributed by atoms with Crippen molar-refractivity contribution in [3.05, 3.63) is 48.5 Å². The third kappa shape index (κ3) is 2.82. The summed E-state index contributed by atoms with van der Waals surface area (Å²) < 4.78 is 24.0. The number of rotatable bonds is 2. The summed E-state index contributed by atoms with van der Waals surface area (Å²) in [5.41, 5.74) is 1.37. The Labute approximate surface area is 121 Å². The van der Waals surface area contributed by atoms with Crippen LogP contribution in [0.25, 0.3) is 0 Å². The molecule has 0 fully saturated rings. The number of carbonyl (C=O) groups is 1. The van der Waals surface area contributed by atoms with Crippen molar-refractivity contribution in [3.63, 3.8) is 0 Å². The van der Waals surface area contributed by atoms with Crippen molar-refractivity contribution < 1.29 is 13.2 Å². The summed E-state index contributed by atoms with van der Waals surface area (Å²) >= 11 is 0. The maximum atomic E-state index is 12.0. The van der Waals surface area contributed by atoms with Crippen molar-refractivity contribution in [2.24, 2.45) is 10.2 Å². The van der Waals surface area contributed by atoms with Gasteiger partial charge in [0.1, 0.15) is 5.75 Å². The number of anilines is 1. The average Bonchev–Trinajstić information content (AvgIpc) is 2.45. The second-order valence-electron chi connectivity index (χ2n) is 4.52. The lowest BCUT2D eigenvalue weighted by Gasteiger charge is -2.16. The number of nitrogens with zero attached hydrogens (tertiary/aromatic N) is 2. The Kier molecular flexibility index (Phi) is 3.26. The molecule has 0 aromatic heterocycles. The molecule has 6 nitrogen and oxygen atoms in total. The van der Waals surface area contributed by atoms with E-state index >= 15 is 0 Å². The molecule has 7 heteroatoms.